The van der Waals surface area contributed by atoms with Crippen molar-refractivity contribution in [1.29, 1.82) is 0 Å². The molecule has 27 heavy (non-hydrogen) atoms. The molecule has 0 saturated carbocycles. The van der Waals surface area contributed by atoms with E-state index in [1.807, 2.05) is 44.2 Å². The van der Waals surface area contributed by atoms with Crippen molar-refractivity contribution in [2.75, 3.05) is 0 Å². The van der Waals surface area contributed by atoms with Crippen molar-refractivity contribution in [2.45, 2.75) is 39.7 Å². The van der Waals surface area contributed by atoms with Crippen LogP contribution >= 0.6 is 11.3 Å². The molecule has 0 N–H and O–H groups in total. The van der Waals surface area contributed by atoms with E-state index in [4.69, 9.17) is 9.15 Å². The molecular formula is C20H20N2O4S. The van der Waals surface area contributed by atoms with Gasteiger partial charge in [0.05, 0.1) is 11.3 Å². The standard InChI is InChI=1S/C20H20N2O4S/c1-12-4-7-15(8-5-12)20-22-21-19(26-20)14(3)25-18(24)11-9-16(23)17-10-6-13(2)27-17/h4-8,10,14H,9,11H2,1-3H3/t14-/m0/s1. The van der Waals surface area contributed by atoms with E-state index in [0.29, 0.717) is 10.8 Å². The molecule has 140 valence electrons. The van der Waals surface area contributed by atoms with E-state index >= 15 is 0 Å². The third-order valence-electron chi connectivity index (χ3n) is 3.97. The fourth-order valence-electron chi connectivity index (χ4n) is 2.44. The highest BCUT2D eigenvalue weighted by Crippen LogP contribution is 2.23. The number of hydrogen-bond donors (Lipinski definition) is 0. The summed E-state index contributed by atoms with van der Waals surface area (Å²) < 4.78 is 10.9. The normalized spacial score (nSPS) is 12.0. The van der Waals surface area contributed by atoms with E-state index in [2.05, 4.69) is 10.2 Å². The summed E-state index contributed by atoms with van der Waals surface area (Å²) in [7, 11) is 0. The number of Topliss-reactive ketones (excluding diaryl/α,β-unsaturated/α-hetero) is 1. The lowest BCUT2D eigenvalue weighted by atomic mass is 10.1. The molecule has 2 heterocycles. The third kappa shape index (κ3) is 4.89. The topological polar surface area (TPSA) is 82.3 Å². The average molecular weight is 384 g/mol. The summed E-state index contributed by atoms with van der Waals surface area (Å²) in [5.41, 5.74) is 1.93. The number of esters is 1. The molecule has 0 aliphatic heterocycles. The maximum absolute atomic E-state index is 12.1. The Labute approximate surface area is 161 Å². The minimum atomic E-state index is -0.678. The lowest BCUT2D eigenvalue weighted by Crippen LogP contribution is -2.11. The van der Waals surface area contributed by atoms with Gasteiger partial charge < -0.3 is 9.15 Å². The lowest BCUT2D eigenvalue weighted by Gasteiger charge is -2.08. The summed E-state index contributed by atoms with van der Waals surface area (Å²) in [6.45, 7) is 5.59. The molecule has 0 saturated heterocycles. The van der Waals surface area contributed by atoms with E-state index in [0.717, 1.165) is 16.0 Å². The van der Waals surface area contributed by atoms with Gasteiger partial charge in [-0.05, 0) is 45.0 Å². The van der Waals surface area contributed by atoms with E-state index in [1.54, 1.807) is 13.0 Å². The van der Waals surface area contributed by atoms with Crippen molar-refractivity contribution in [2.24, 2.45) is 0 Å². The molecule has 3 aromatic rings. The first-order valence-electron chi connectivity index (χ1n) is 8.62. The molecule has 0 aliphatic rings. The largest absolute Gasteiger partial charge is 0.453 e. The summed E-state index contributed by atoms with van der Waals surface area (Å²) in [6.07, 6.45) is -0.550. The molecule has 0 bridgehead atoms. The zero-order valence-electron chi connectivity index (χ0n) is 15.4. The Hall–Kier alpha value is -2.80. The number of rotatable bonds is 7. The first kappa shape index (κ1) is 19.0. The van der Waals surface area contributed by atoms with E-state index < -0.39 is 12.1 Å². The number of aryl methyl sites for hydroxylation is 2. The number of benzene rings is 1. The van der Waals surface area contributed by atoms with Crippen molar-refractivity contribution in [3.05, 3.63) is 57.6 Å². The first-order chi connectivity index (χ1) is 12.9. The predicted octanol–water partition coefficient (Wildman–Crippen LogP) is 4.68. The molecule has 3 rings (SSSR count). The van der Waals surface area contributed by atoms with Crippen LogP contribution in [0.3, 0.4) is 0 Å². The van der Waals surface area contributed by atoms with Gasteiger partial charge in [0, 0.05) is 16.9 Å². The molecule has 0 spiro atoms. The maximum Gasteiger partial charge on any atom is 0.307 e. The highest BCUT2D eigenvalue weighted by Gasteiger charge is 2.20. The number of carbonyl (C=O) groups is 2. The molecule has 6 nitrogen and oxygen atoms in total. The second kappa shape index (κ2) is 8.26. The third-order valence-corrected chi connectivity index (χ3v) is 5.01. The second-order valence-corrected chi connectivity index (χ2v) is 7.56. The van der Waals surface area contributed by atoms with Crippen molar-refractivity contribution in [3.63, 3.8) is 0 Å². The van der Waals surface area contributed by atoms with Crippen LogP contribution in [0, 0.1) is 13.8 Å². The molecule has 0 unspecified atom stereocenters. The number of carbonyl (C=O) groups excluding carboxylic acids is 2. The Bertz CT molecular complexity index is 943. The van der Waals surface area contributed by atoms with Gasteiger partial charge in [0.15, 0.2) is 11.9 Å². The summed E-state index contributed by atoms with van der Waals surface area (Å²) in [5, 5.41) is 7.95. The Morgan fingerprint density at radius 2 is 1.81 bits per heavy atom. The highest BCUT2D eigenvalue weighted by atomic mass is 32.1. The number of hydrogen-bond acceptors (Lipinski definition) is 7. The molecule has 1 atom stereocenters. The number of ketones is 1. The number of aromatic nitrogens is 2. The maximum atomic E-state index is 12.1. The van der Waals surface area contributed by atoms with Crippen LogP contribution in [0.4, 0.5) is 0 Å². The van der Waals surface area contributed by atoms with Crippen LogP contribution in [0.25, 0.3) is 11.5 Å². The molecule has 0 aliphatic carbocycles. The van der Waals surface area contributed by atoms with Gasteiger partial charge in [-0.1, -0.05) is 17.7 Å². The Morgan fingerprint density at radius 1 is 1.07 bits per heavy atom. The lowest BCUT2D eigenvalue weighted by molar-refractivity contribution is -0.149. The Balaban J connectivity index is 1.54. The SMILES string of the molecule is Cc1ccc(-c2nnc([C@H](C)OC(=O)CCC(=O)c3ccc(C)s3)o2)cc1. The number of ether oxygens (including phenoxy) is 1. The number of nitrogens with zero attached hydrogens (tertiary/aromatic N) is 2. The zero-order valence-corrected chi connectivity index (χ0v) is 16.2. The van der Waals surface area contributed by atoms with Gasteiger partial charge in [-0.25, -0.2) is 0 Å². The van der Waals surface area contributed by atoms with Gasteiger partial charge in [-0.15, -0.1) is 21.5 Å². The zero-order chi connectivity index (χ0) is 19.4. The van der Waals surface area contributed by atoms with E-state index in [9.17, 15) is 9.59 Å². The van der Waals surface area contributed by atoms with Crippen LogP contribution < -0.4 is 0 Å². The molecule has 1 aromatic carbocycles. The van der Waals surface area contributed by atoms with Crippen LogP contribution in [-0.2, 0) is 9.53 Å². The second-order valence-electron chi connectivity index (χ2n) is 6.28. The van der Waals surface area contributed by atoms with Crippen LogP contribution in [0.5, 0.6) is 0 Å². The van der Waals surface area contributed by atoms with E-state index in [-0.39, 0.29) is 24.5 Å². The van der Waals surface area contributed by atoms with Crippen molar-refractivity contribution < 1.29 is 18.7 Å². The van der Waals surface area contributed by atoms with Crippen molar-refractivity contribution in [3.8, 4) is 11.5 Å². The quantitative estimate of drug-likeness (QED) is 0.434. The van der Waals surface area contributed by atoms with Crippen LogP contribution in [0.1, 0.15) is 51.9 Å². The monoisotopic (exact) mass is 384 g/mol. The van der Waals surface area contributed by atoms with Crippen molar-refractivity contribution in [1.82, 2.24) is 10.2 Å². The highest BCUT2D eigenvalue weighted by molar-refractivity contribution is 7.14. The van der Waals surface area contributed by atoms with Gasteiger partial charge in [-0.3, -0.25) is 9.59 Å². The van der Waals surface area contributed by atoms with Crippen LogP contribution in [-0.4, -0.2) is 21.9 Å². The van der Waals surface area contributed by atoms with Crippen LogP contribution in [0.2, 0.25) is 0 Å². The molecule has 7 heteroatoms. The molecule has 2 aromatic heterocycles. The van der Waals surface area contributed by atoms with Crippen molar-refractivity contribution >= 4 is 23.1 Å². The predicted molar refractivity (Wildman–Crippen MR) is 102 cm³/mol. The Morgan fingerprint density at radius 3 is 2.48 bits per heavy atom. The van der Waals surface area contributed by atoms with Crippen LogP contribution in [0.15, 0.2) is 40.8 Å². The summed E-state index contributed by atoms with van der Waals surface area (Å²) in [4.78, 5) is 25.8. The number of thiophene rings is 1. The average Bonchev–Trinajstić information content (AvgIpc) is 3.30. The van der Waals surface area contributed by atoms with Gasteiger partial charge in [0.1, 0.15) is 0 Å². The minimum Gasteiger partial charge on any atom is -0.453 e. The minimum absolute atomic E-state index is 0.0130. The van der Waals surface area contributed by atoms with Gasteiger partial charge in [0.25, 0.3) is 5.89 Å². The van der Waals surface area contributed by atoms with Gasteiger partial charge in [0.2, 0.25) is 5.89 Å². The summed E-state index contributed by atoms with van der Waals surface area (Å²) >= 11 is 1.42. The molecule has 0 fully saturated rings. The smallest absolute Gasteiger partial charge is 0.307 e. The van der Waals surface area contributed by atoms with Gasteiger partial charge in [-0.2, -0.15) is 0 Å². The van der Waals surface area contributed by atoms with Gasteiger partial charge >= 0.3 is 5.97 Å². The first-order valence-corrected chi connectivity index (χ1v) is 9.43. The molecular weight excluding hydrogens is 364 g/mol. The Kier molecular flexibility index (Phi) is 5.81. The molecule has 0 radical (unpaired) electrons. The molecule has 0 amide bonds. The fourth-order valence-corrected chi connectivity index (χ4v) is 3.28. The summed E-state index contributed by atoms with van der Waals surface area (Å²) in [5.74, 6) is 0.0617. The fraction of sp³-hybridized carbons (Fsp3) is 0.300. The van der Waals surface area contributed by atoms with E-state index in [1.165, 1.54) is 11.3 Å². The summed E-state index contributed by atoms with van der Waals surface area (Å²) in [6, 6.07) is 11.4.